The smallest absolute Gasteiger partial charge is 0.324 e. The molecule has 548 valence electrons. The zero-order valence-electron chi connectivity index (χ0n) is 51.6. The number of amides is 5. The lowest BCUT2D eigenvalue weighted by Gasteiger charge is -2.10. The van der Waals surface area contributed by atoms with Crippen molar-refractivity contribution < 1.29 is 159 Å². The molecule has 40 nitrogen and oxygen atoms in total. The van der Waals surface area contributed by atoms with Gasteiger partial charge in [0.15, 0.2) is 16.0 Å². The number of sulfonamides is 7. The van der Waals surface area contributed by atoms with Crippen LogP contribution in [-0.2, 0) is 133 Å². The van der Waals surface area contributed by atoms with Crippen LogP contribution in [0.25, 0.3) is 0 Å². The number of sulfone groups is 1. The van der Waals surface area contributed by atoms with Crippen molar-refractivity contribution in [3.05, 3.63) is 30.3 Å². The van der Waals surface area contributed by atoms with Crippen molar-refractivity contribution in [3.63, 3.8) is 0 Å². The molecule has 2 unspecified atom stereocenters. The maximum absolute atomic E-state index is 11.8. The number of nitrogens with one attached hydrogen (secondary N) is 7. The SMILES string of the molecule is CC(=NS(=O)(=O)C(F)(F)F)NS(=O)(=O)C(F)(F)F.CC(=O)C(C)S(=O)(=O)c1ccccc1.CC(=O)N(C)O.CC(=O)NC#N.CC(=O)NS(C)(=O)=O.CC(=O)NS(C)(=O)=O.CNS(C)(=O)=O.CONC(C)=O.COP(C)(=O)O.CS(=O)(=O)NS(C)(=O)=O.CS(=O)(=O)O. The monoisotopic (exact) mass is 1560 g/mol. The Balaban J connectivity index is -0.000000103. The topological polar surface area (TPSA) is 630 Å². The Morgan fingerprint density at radius 1 is 0.620 bits per heavy atom. The van der Waals surface area contributed by atoms with Gasteiger partial charge < -0.3 is 9.42 Å². The third kappa shape index (κ3) is 95.4. The van der Waals surface area contributed by atoms with E-state index in [4.69, 9.17) is 19.9 Å². The molecule has 1 rings (SSSR count). The van der Waals surface area contributed by atoms with Crippen LogP contribution in [0.2, 0.25) is 0 Å². The van der Waals surface area contributed by atoms with Gasteiger partial charge in [-0.15, -0.1) is 8.53 Å². The molecule has 0 aliphatic heterocycles. The predicted molar refractivity (Wildman–Crippen MR) is 315 cm³/mol. The number of nitrogens with zero attached hydrogens (tertiary/aromatic N) is 3. The number of hydrogen-bond donors (Lipinski definition) is 10. The van der Waals surface area contributed by atoms with Gasteiger partial charge in [0, 0.05) is 55.4 Å². The van der Waals surface area contributed by atoms with Crippen LogP contribution in [0.5, 0.6) is 0 Å². The fraction of sp³-hybridized carbons (Fsp3) is 0.611. The van der Waals surface area contributed by atoms with Gasteiger partial charge in [-0.2, -0.15) is 56.9 Å². The first-order chi connectivity index (χ1) is 39.9. The van der Waals surface area contributed by atoms with E-state index in [2.05, 4.69) is 19.6 Å². The van der Waals surface area contributed by atoms with Crippen molar-refractivity contribution in [1.29, 1.82) is 5.26 Å². The summed E-state index contributed by atoms with van der Waals surface area (Å²) in [6.45, 7) is 10.4. The summed E-state index contributed by atoms with van der Waals surface area (Å²) in [5.74, 6) is -3.91. The molecule has 0 saturated heterocycles. The summed E-state index contributed by atoms with van der Waals surface area (Å²) < 4.78 is 286. The zero-order valence-corrected chi connectivity index (χ0v) is 59.8. The second kappa shape index (κ2) is 48.0. The van der Waals surface area contributed by atoms with E-state index in [1.165, 1.54) is 85.4 Å². The highest BCUT2D eigenvalue weighted by Crippen LogP contribution is 2.34. The van der Waals surface area contributed by atoms with Gasteiger partial charge >= 0.3 is 38.7 Å². The fourth-order valence-corrected chi connectivity index (χ4v) is 8.30. The van der Waals surface area contributed by atoms with Crippen molar-refractivity contribution in [2.75, 3.05) is 72.5 Å². The Morgan fingerprint density at radius 3 is 1.04 bits per heavy atom. The Hall–Kier alpha value is -5.72. The molecular formula is C36H73F6N10O30PS9. The number of Topliss-reactive ketones (excluding diaryl/α,β-unsaturated/α-hetero) is 1. The molecule has 0 fully saturated rings. The van der Waals surface area contributed by atoms with Gasteiger partial charge in [0.25, 0.3) is 10.1 Å². The number of hydroxylamine groups is 3. The van der Waals surface area contributed by atoms with E-state index >= 15 is 0 Å². The molecule has 0 saturated carbocycles. The van der Waals surface area contributed by atoms with E-state index in [1.54, 1.807) is 27.6 Å². The Bertz CT molecular complexity index is 3580. The van der Waals surface area contributed by atoms with Crippen molar-refractivity contribution in [3.8, 4) is 6.19 Å². The van der Waals surface area contributed by atoms with E-state index in [9.17, 15) is 135 Å². The molecule has 10 N–H and O–H groups in total. The Morgan fingerprint density at radius 2 is 0.924 bits per heavy atom. The van der Waals surface area contributed by atoms with Gasteiger partial charge in [-0.3, -0.25) is 67.4 Å². The molecule has 0 aliphatic carbocycles. The predicted octanol–water partition coefficient (Wildman–Crippen LogP) is -2.95. The standard InChI is InChI=1S/C10H12O3S.C4H4F6N2O4S2.C3H4N2O.2C3H7NO3S.2C3H7NO2.C2H7NO4S2.C2H7NO2S.C2H7O3P.CH4O3S/c1-8(11)9(2)14(12,13)10-6-4-3-5-7-10;1-2(11-17(13,14)3(5,6)7)12-18(15,16)4(8,9)10;1-3(6)5-2-4;2*1-3(5)4-8(2,6)7;1-3(5)4-6-2;1-3(5)4(2)6;1-8(4,5)3-9(2,6)7;1-3-6(2,4)5;1-5-6(2,3)4;1-5(2,3)4/h3-7,9H,1-2H3;1H3,(H,11,12);1H3,(H,5,6);2*1-2H3,(H,4,5);1-2H3,(H,4,5);6H,1-2H3;3H,1-2H3;3H,1-2H3;1-2H3,(H,3,4);1H3,(H,2,3,4). The van der Waals surface area contributed by atoms with Gasteiger partial charge in [-0.25, -0.2) is 65.8 Å². The van der Waals surface area contributed by atoms with Crippen LogP contribution in [0.1, 0.15) is 55.4 Å². The lowest BCUT2D eigenvalue weighted by atomic mass is 10.3. The van der Waals surface area contributed by atoms with Crippen LogP contribution in [0, 0.1) is 11.5 Å². The second-order valence-electron chi connectivity index (χ2n) is 15.6. The summed E-state index contributed by atoms with van der Waals surface area (Å²) in [6, 6.07) is 8.00. The highest BCUT2D eigenvalue weighted by Gasteiger charge is 2.48. The molecule has 0 heterocycles. The average Bonchev–Trinajstić information content (AvgIpc) is 1.11. The van der Waals surface area contributed by atoms with Gasteiger partial charge in [0.1, 0.15) is 16.9 Å². The first-order valence-corrected chi connectivity index (χ1v) is 39.7. The molecule has 0 spiro atoms. The summed E-state index contributed by atoms with van der Waals surface area (Å²) in [4.78, 5) is 72.8. The summed E-state index contributed by atoms with van der Waals surface area (Å²) in [5.41, 5.74) is -9.59. The van der Waals surface area contributed by atoms with Crippen LogP contribution in [-0.4, -0.2) is 225 Å². The molecule has 0 bridgehead atoms. The Labute approximate surface area is 529 Å². The molecule has 0 aliphatic rings. The maximum atomic E-state index is 11.8. The number of amidine groups is 1. The minimum Gasteiger partial charge on any atom is -0.324 e. The minimum absolute atomic E-state index is 0.183. The lowest BCUT2D eigenvalue weighted by molar-refractivity contribution is -0.156. The zero-order chi connectivity index (χ0) is 77.1. The normalized spacial score (nSPS) is 12.4. The molecule has 0 radical (unpaired) electrons. The Kier molecular flexibility index (Phi) is 56.3. The van der Waals surface area contributed by atoms with Gasteiger partial charge in [-0.05, 0) is 40.0 Å². The maximum Gasteiger partial charge on any atom is 0.518 e. The van der Waals surface area contributed by atoms with E-state index in [1.807, 2.05) is 9.71 Å². The van der Waals surface area contributed by atoms with Crippen molar-refractivity contribution in [1.82, 2.24) is 38.9 Å². The van der Waals surface area contributed by atoms with Crippen LogP contribution >= 0.6 is 7.60 Å². The van der Waals surface area contributed by atoms with E-state index < -0.39 is 132 Å². The van der Waals surface area contributed by atoms with E-state index in [0.717, 1.165) is 51.8 Å². The molecule has 1 aromatic carbocycles. The first-order valence-electron chi connectivity index (χ1n) is 21.9. The van der Waals surface area contributed by atoms with Crippen LogP contribution < -0.4 is 33.8 Å². The molecule has 2 atom stereocenters. The summed E-state index contributed by atoms with van der Waals surface area (Å²) >= 11 is 0. The quantitative estimate of drug-likeness (QED) is 0.0115. The fourth-order valence-electron chi connectivity index (χ4n) is 2.56. The first kappa shape index (κ1) is 108. The second-order valence-corrected chi connectivity index (χ2v) is 33.8. The minimum atomic E-state index is -6.12. The number of hydrogen-bond acceptors (Lipinski definition) is 29. The highest BCUT2D eigenvalue weighted by atomic mass is 32.3. The number of alkyl halides is 6. The third-order valence-corrected chi connectivity index (χ3v) is 15.5. The third-order valence-electron chi connectivity index (χ3n) is 5.85. The molecule has 5 amide bonds. The summed E-state index contributed by atoms with van der Waals surface area (Å²) in [6.07, 6.45) is 6.68. The average molecular weight is 1560 g/mol. The van der Waals surface area contributed by atoms with Crippen LogP contribution in [0.3, 0.4) is 0 Å². The van der Waals surface area contributed by atoms with Crippen LogP contribution in [0.15, 0.2) is 39.6 Å². The number of carbonyl (C=O) groups is 6. The van der Waals surface area contributed by atoms with Crippen molar-refractivity contribution >= 4 is 139 Å². The summed E-state index contributed by atoms with van der Waals surface area (Å²) in [7, 11) is -34.0. The number of nitriles is 1. The molecular weight excluding hydrogens is 1490 g/mol. The van der Waals surface area contributed by atoms with E-state index in [0.29, 0.717) is 23.0 Å². The molecule has 92 heavy (non-hydrogen) atoms. The molecule has 56 heteroatoms. The van der Waals surface area contributed by atoms with Gasteiger partial charge in [0.2, 0.25) is 79.7 Å². The van der Waals surface area contributed by atoms with Crippen molar-refractivity contribution in [2.45, 2.75) is 76.6 Å². The summed E-state index contributed by atoms with van der Waals surface area (Å²) in [5, 5.41) is 17.2. The number of carbonyl (C=O) groups excluding carboxylic acids is 6. The largest absolute Gasteiger partial charge is 0.518 e. The number of ketones is 1. The molecule has 1 aromatic rings. The highest BCUT2D eigenvalue weighted by molar-refractivity contribution is 8.04. The van der Waals surface area contributed by atoms with Gasteiger partial charge in [0.05, 0.1) is 49.5 Å². The van der Waals surface area contributed by atoms with Crippen LogP contribution in [0.4, 0.5) is 26.3 Å². The molecule has 0 aromatic heterocycles. The number of rotatable bonds is 12. The lowest BCUT2D eigenvalue weighted by Crippen LogP contribution is -2.40. The van der Waals surface area contributed by atoms with Crippen molar-refractivity contribution in [2.24, 2.45) is 4.40 Å². The number of benzene rings is 1. The number of halogens is 6. The van der Waals surface area contributed by atoms with Gasteiger partial charge in [-0.1, -0.05) is 18.2 Å². The van der Waals surface area contributed by atoms with E-state index in [-0.39, 0.29) is 28.4 Å².